The first-order chi connectivity index (χ1) is 12.8. The van der Waals surface area contributed by atoms with Gasteiger partial charge in [-0.15, -0.1) is 0 Å². The maximum Gasteiger partial charge on any atom is 0.243 e. The summed E-state index contributed by atoms with van der Waals surface area (Å²) in [5.74, 6) is -0.691. The highest BCUT2D eigenvalue weighted by atomic mass is 35.5. The van der Waals surface area contributed by atoms with Crippen LogP contribution in [0.3, 0.4) is 0 Å². The number of benzene rings is 2. The SMILES string of the molecule is O=C(CN1CCN(S(=O)(=O)c2ccc(Cl)cc2)CC1)Nc1cccc(F)c1. The lowest BCUT2D eigenvalue weighted by Crippen LogP contribution is -2.50. The molecule has 1 N–H and O–H groups in total. The minimum absolute atomic E-state index is 0.116. The summed E-state index contributed by atoms with van der Waals surface area (Å²) < 4.78 is 39.9. The fraction of sp³-hybridized carbons (Fsp3) is 0.278. The Kier molecular flexibility index (Phi) is 6.11. The lowest BCUT2D eigenvalue weighted by atomic mass is 10.3. The Hall–Kier alpha value is -2.00. The van der Waals surface area contributed by atoms with E-state index in [2.05, 4.69) is 5.32 Å². The van der Waals surface area contributed by atoms with E-state index in [4.69, 9.17) is 11.6 Å². The van der Waals surface area contributed by atoms with Crippen molar-refractivity contribution in [2.45, 2.75) is 4.90 Å². The van der Waals surface area contributed by atoms with Crippen molar-refractivity contribution >= 4 is 33.2 Å². The highest BCUT2D eigenvalue weighted by Gasteiger charge is 2.29. The van der Waals surface area contributed by atoms with Gasteiger partial charge in [-0.25, -0.2) is 12.8 Å². The zero-order valence-corrected chi connectivity index (χ0v) is 16.0. The van der Waals surface area contributed by atoms with E-state index in [1.54, 1.807) is 18.2 Å². The number of halogens is 2. The quantitative estimate of drug-likeness (QED) is 0.820. The smallest absolute Gasteiger partial charge is 0.243 e. The normalized spacial score (nSPS) is 16.2. The number of nitrogens with zero attached hydrogens (tertiary/aromatic N) is 2. The second kappa shape index (κ2) is 8.35. The van der Waals surface area contributed by atoms with Gasteiger partial charge in [0.2, 0.25) is 15.9 Å². The molecule has 0 bridgehead atoms. The Balaban J connectivity index is 1.54. The third-order valence-electron chi connectivity index (χ3n) is 4.26. The lowest BCUT2D eigenvalue weighted by Gasteiger charge is -2.33. The maximum atomic E-state index is 13.2. The van der Waals surface area contributed by atoms with Crippen LogP contribution in [0.4, 0.5) is 10.1 Å². The van der Waals surface area contributed by atoms with E-state index in [0.717, 1.165) is 0 Å². The van der Waals surface area contributed by atoms with Gasteiger partial charge in [0.25, 0.3) is 0 Å². The third kappa shape index (κ3) is 5.04. The molecule has 144 valence electrons. The highest BCUT2D eigenvalue weighted by Crippen LogP contribution is 2.20. The van der Waals surface area contributed by atoms with E-state index in [1.807, 2.05) is 4.90 Å². The fourth-order valence-electron chi connectivity index (χ4n) is 2.85. The van der Waals surface area contributed by atoms with Crippen LogP contribution in [0, 0.1) is 5.82 Å². The molecule has 1 aliphatic heterocycles. The molecule has 3 rings (SSSR count). The van der Waals surface area contributed by atoms with E-state index in [0.29, 0.717) is 23.8 Å². The van der Waals surface area contributed by atoms with Crippen molar-refractivity contribution in [2.24, 2.45) is 0 Å². The Morgan fingerprint density at radius 2 is 1.74 bits per heavy atom. The van der Waals surface area contributed by atoms with Crippen molar-refractivity contribution in [1.82, 2.24) is 9.21 Å². The summed E-state index contributed by atoms with van der Waals surface area (Å²) in [7, 11) is -3.58. The summed E-state index contributed by atoms with van der Waals surface area (Å²) in [6, 6.07) is 11.7. The number of rotatable bonds is 5. The number of amides is 1. The first-order valence-corrected chi connectivity index (χ1v) is 10.2. The first kappa shape index (κ1) is 19.8. The average Bonchev–Trinajstić information content (AvgIpc) is 2.62. The predicted molar refractivity (Wildman–Crippen MR) is 102 cm³/mol. The topological polar surface area (TPSA) is 69.7 Å². The summed E-state index contributed by atoms with van der Waals surface area (Å²) in [6.07, 6.45) is 0. The Labute approximate surface area is 162 Å². The van der Waals surface area contributed by atoms with Crippen LogP contribution >= 0.6 is 11.6 Å². The van der Waals surface area contributed by atoms with E-state index in [9.17, 15) is 17.6 Å². The molecule has 27 heavy (non-hydrogen) atoms. The Bertz CT molecular complexity index is 914. The monoisotopic (exact) mass is 411 g/mol. The van der Waals surface area contributed by atoms with Crippen LogP contribution in [0.2, 0.25) is 5.02 Å². The van der Waals surface area contributed by atoms with Gasteiger partial charge in [0.05, 0.1) is 11.4 Å². The summed E-state index contributed by atoms with van der Waals surface area (Å²) in [6.45, 7) is 1.56. The zero-order valence-electron chi connectivity index (χ0n) is 14.4. The minimum atomic E-state index is -3.58. The molecule has 1 heterocycles. The standard InChI is InChI=1S/C18H19ClFN3O3S/c19-14-4-6-17(7-5-14)27(25,26)23-10-8-22(9-11-23)13-18(24)21-16-3-1-2-15(20)12-16/h1-7,12H,8-11,13H2,(H,21,24). The number of carbonyl (C=O) groups is 1. The molecule has 2 aromatic carbocycles. The summed E-state index contributed by atoms with van der Waals surface area (Å²) in [5, 5.41) is 3.11. The van der Waals surface area contributed by atoms with E-state index >= 15 is 0 Å². The van der Waals surface area contributed by atoms with Gasteiger partial charge in [0, 0.05) is 36.9 Å². The summed E-state index contributed by atoms with van der Waals surface area (Å²) in [4.78, 5) is 14.2. The molecule has 0 aromatic heterocycles. The molecule has 1 aliphatic rings. The van der Waals surface area contributed by atoms with Crippen molar-refractivity contribution in [3.05, 3.63) is 59.4 Å². The number of hydrogen-bond donors (Lipinski definition) is 1. The van der Waals surface area contributed by atoms with Gasteiger partial charge < -0.3 is 5.32 Å². The largest absolute Gasteiger partial charge is 0.325 e. The van der Waals surface area contributed by atoms with E-state index < -0.39 is 15.8 Å². The number of carbonyl (C=O) groups excluding carboxylic acids is 1. The molecule has 0 aliphatic carbocycles. The van der Waals surface area contributed by atoms with Crippen LogP contribution in [-0.4, -0.2) is 56.3 Å². The van der Waals surface area contributed by atoms with Gasteiger partial charge in [0.1, 0.15) is 5.82 Å². The molecule has 6 nitrogen and oxygen atoms in total. The second-order valence-electron chi connectivity index (χ2n) is 6.19. The van der Waals surface area contributed by atoms with Crippen LogP contribution in [-0.2, 0) is 14.8 Å². The van der Waals surface area contributed by atoms with Crippen LogP contribution in [0.15, 0.2) is 53.4 Å². The predicted octanol–water partition coefficient (Wildman–Crippen LogP) is 2.42. The molecular weight excluding hydrogens is 393 g/mol. The van der Waals surface area contributed by atoms with Crippen molar-refractivity contribution in [2.75, 3.05) is 38.0 Å². The first-order valence-electron chi connectivity index (χ1n) is 8.38. The van der Waals surface area contributed by atoms with Crippen LogP contribution in [0.25, 0.3) is 0 Å². The minimum Gasteiger partial charge on any atom is -0.325 e. The van der Waals surface area contributed by atoms with E-state index in [1.165, 1.54) is 34.6 Å². The van der Waals surface area contributed by atoms with E-state index in [-0.39, 0.29) is 30.4 Å². The zero-order chi connectivity index (χ0) is 19.4. The van der Waals surface area contributed by atoms with Gasteiger partial charge in [-0.1, -0.05) is 17.7 Å². The number of nitrogens with one attached hydrogen (secondary N) is 1. The molecule has 1 saturated heterocycles. The van der Waals surface area contributed by atoms with Crippen LogP contribution < -0.4 is 5.32 Å². The lowest BCUT2D eigenvalue weighted by molar-refractivity contribution is -0.117. The maximum absolute atomic E-state index is 13.2. The molecule has 2 aromatic rings. The van der Waals surface area contributed by atoms with Crippen molar-refractivity contribution < 1.29 is 17.6 Å². The Morgan fingerprint density at radius 1 is 1.07 bits per heavy atom. The van der Waals surface area contributed by atoms with Gasteiger partial charge in [-0.05, 0) is 42.5 Å². The fourth-order valence-corrected chi connectivity index (χ4v) is 4.40. The van der Waals surface area contributed by atoms with Crippen molar-refractivity contribution in [3.8, 4) is 0 Å². The number of sulfonamides is 1. The molecular formula is C18H19ClFN3O3S. The van der Waals surface area contributed by atoms with Gasteiger partial charge in [0.15, 0.2) is 0 Å². The molecule has 0 radical (unpaired) electrons. The average molecular weight is 412 g/mol. The van der Waals surface area contributed by atoms with Crippen LogP contribution in [0.1, 0.15) is 0 Å². The second-order valence-corrected chi connectivity index (χ2v) is 8.57. The summed E-state index contributed by atoms with van der Waals surface area (Å²) in [5.41, 5.74) is 0.393. The molecule has 0 atom stereocenters. The number of hydrogen-bond acceptors (Lipinski definition) is 4. The Morgan fingerprint density at radius 3 is 2.37 bits per heavy atom. The molecule has 1 amide bonds. The third-order valence-corrected chi connectivity index (χ3v) is 6.42. The molecule has 0 unspecified atom stereocenters. The van der Waals surface area contributed by atoms with Crippen molar-refractivity contribution in [3.63, 3.8) is 0 Å². The van der Waals surface area contributed by atoms with Gasteiger partial charge >= 0.3 is 0 Å². The number of anilines is 1. The summed E-state index contributed by atoms with van der Waals surface area (Å²) >= 11 is 5.81. The molecule has 0 saturated carbocycles. The number of piperazine rings is 1. The molecule has 1 fully saturated rings. The van der Waals surface area contributed by atoms with Crippen LogP contribution in [0.5, 0.6) is 0 Å². The highest BCUT2D eigenvalue weighted by molar-refractivity contribution is 7.89. The van der Waals surface area contributed by atoms with Gasteiger partial charge in [-0.2, -0.15) is 4.31 Å². The molecule has 0 spiro atoms. The van der Waals surface area contributed by atoms with Crippen molar-refractivity contribution in [1.29, 1.82) is 0 Å². The van der Waals surface area contributed by atoms with Gasteiger partial charge in [-0.3, -0.25) is 9.69 Å². The molecule has 9 heteroatoms.